The molecule has 1 aromatic carbocycles. The number of unbranched alkanes of at least 4 members (excludes halogenated alkanes) is 4. The van der Waals surface area contributed by atoms with Crippen LogP contribution in [0.2, 0.25) is 0 Å². The number of rotatable bonds is 11. The lowest BCUT2D eigenvalue weighted by atomic mass is 10.1. The van der Waals surface area contributed by atoms with E-state index in [-0.39, 0.29) is 5.56 Å². The number of benzene rings is 1. The van der Waals surface area contributed by atoms with Crippen LogP contribution in [0.5, 0.6) is 23.0 Å². The monoisotopic (exact) mass is 344 g/mol. The second-order valence-electron chi connectivity index (χ2n) is 5.06. The van der Waals surface area contributed by atoms with Gasteiger partial charge in [0.1, 0.15) is 0 Å². The molecule has 0 saturated carbocycles. The molecule has 1 rings (SSSR count). The molecule has 0 bridgehead atoms. The van der Waals surface area contributed by atoms with Crippen LogP contribution >= 0.6 is 11.6 Å². The number of carbonyl (C=O) groups is 1. The zero-order chi connectivity index (χ0) is 17.2. The molecule has 0 heterocycles. The Bertz CT molecular complexity index is 516. The van der Waals surface area contributed by atoms with Gasteiger partial charge in [-0.25, -0.2) is 0 Å². The van der Waals surface area contributed by atoms with Crippen molar-refractivity contribution in [3.63, 3.8) is 0 Å². The molecule has 1 aromatic rings. The van der Waals surface area contributed by atoms with Crippen LogP contribution in [-0.4, -0.2) is 33.2 Å². The first-order chi connectivity index (χ1) is 11.1. The fourth-order valence-electron chi connectivity index (χ4n) is 2.30. The van der Waals surface area contributed by atoms with E-state index in [2.05, 4.69) is 6.92 Å². The van der Waals surface area contributed by atoms with E-state index in [0.29, 0.717) is 29.6 Å². The fourth-order valence-corrected chi connectivity index (χ4v) is 2.44. The summed E-state index contributed by atoms with van der Waals surface area (Å²) >= 11 is 5.67. The smallest absolute Gasteiger partial charge is 0.256 e. The summed E-state index contributed by atoms with van der Waals surface area (Å²) in [6.45, 7) is 2.65. The highest BCUT2D eigenvalue weighted by atomic mass is 35.5. The summed E-state index contributed by atoms with van der Waals surface area (Å²) in [7, 11) is 4.46. The highest BCUT2D eigenvalue weighted by molar-refractivity contribution is 6.68. The Hall–Kier alpha value is -1.62. The Balaban J connectivity index is 3.00. The summed E-state index contributed by atoms with van der Waals surface area (Å²) in [5.74, 6) is 1.34. The maximum Gasteiger partial charge on any atom is 0.256 e. The van der Waals surface area contributed by atoms with Gasteiger partial charge in [-0.05, 0) is 18.0 Å². The van der Waals surface area contributed by atoms with Crippen LogP contribution in [-0.2, 0) is 0 Å². The maximum atomic E-state index is 11.7. The lowest BCUT2D eigenvalue weighted by Crippen LogP contribution is -2.06. The molecule has 0 aliphatic heterocycles. The third kappa shape index (κ3) is 5.20. The number of carbonyl (C=O) groups excluding carboxylic acids is 1. The van der Waals surface area contributed by atoms with Crippen molar-refractivity contribution in [2.24, 2.45) is 0 Å². The van der Waals surface area contributed by atoms with Gasteiger partial charge in [-0.3, -0.25) is 4.79 Å². The van der Waals surface area contributed by atoms with Gasteiger partial charge in [0, 0.05) is 6.07 Å². The van der Waals surface area contributed by atoms with Crippen molar-refractivity contribution in [2.75, 3.05) is 27.9 Å². The molecular weight excluding hydrogens is 320 g/mol. The van der Waals surface area contributed by atoms with Gasteiger partial charge in [0.05, 0.1) is 33.5 Å². The maximum absolute atomic E-state index is 11.7. The van der Waals surface area contributed by atoms with Crippen LogP contribution in [0.25, 0.3) is 0 Å². The summed E-state index contributed by atoms with van der Waals surface area (Å²) in [5.41, 5.74) is 0.203. The lowest BCUT2D eigenvalue weighted by molar-refractivity contribution is 0.107. The Kier molecular flexibility index (Phi) is 8.62. The standard InChI is InChI=1S/C17H25ClO5/c1-5-6-7-8-9-10-23-14-12(17(18)19)11-13(20-2)15(21-3)16(14)22-4/h11H,5-10H2,1-4H3. The molecule has 0 spiro atoms. The van der Waals surface area contributed by atoms with Crippen LogP contribution in [0.4, 0.5) is 0 Å². The molecule has 0 amide bonds. The molecule has 0 aliphatic carbocycles. The van der Waals surface area contributed by atoms with Crippen molar-refractivity contribution >= 4 is 16.8 Å². The molecule has 23 heavy (non-hydrogen) atoms. The zero-order valence-corrected chi connectivity index (χ0v) is 15.0. The third-order valence-electron chi connectivity index (χ3n) is 3.49. The van der Waals surface area contributed by atoms with Gasteiger partial charge in [-0.15, -0.1) is 0 Å². The second-order valence-corrected chi connectivity index (χ2v) is 5.40. The average molecular weight is 345 g/mol. The second kappa shape index (κ2) is 10.2. The van der Waals surface area contributed by atoms with E-state index in [0.717, 1.165) is 12.8 Å². The summed E-state index contributed by atoms with van der Waals surface area (Å²) in [6, 6.07) is 1.50. The minimum Gasteiger partial charge on any atom is -0.493 e. The van der Waals surface area contributed by atoms with Gasteiger partial charge in [-0.1, -0.05) is 32.6 Å². The zero-order valence-electron chi connectivity index (χ0n) is 14.2. The SMILES string of the molecule is CCCCCCCOc1c(C(=O)Cl)cc(OC)c(OC)c1OC. The summed E-state index contributed by atoms with van der Waals surface area (Å²) in [6.07, 6.45) is 5.55. The van der Waals surface area contributed by atoms with E-state index in [9.17, 15) is 4.79 Å². The molecule has 6 heteroatoms. The molecule has 0 N–H and O–H groups in total. The minimum absolute atomic E-state index is 0.203. The van der Waals surface area contributed by atoms with Gasteiger partial charge in [0.25, 0.3) is 5.24 Å². The van der Waals surface area contributed by atoms with Gasteiger partial charge in [0.2, 0.25) is 11.5 Å². The van der Waals surface area contributed by atoms with E-state index in [1.54, 1.807) is 0 Å². The van der Waals surface area contributed by atoms with E-state index in [1.165, 1.54) is 46.7 Å². The minimum atomic E-state index is -0.634. The van der Waals surface area contributed by atoms with Crippen molar-refractivity contribution in [1.29, 1.82) is 0 Å². The Morgan fingerprint density at radius 1 is 0.957 bits per heavy atom. The van der Waals surface area contributed by atoms with Crippen molar-refractivity contribution in [2.45, 2.75) is 39.0 Å². The van der Waals surface area contributed by atoms with Crippen LogP contribution in [0.1, 0.15) is 49.4 Å². The van der Waals surface area contributed by atoms with E-state index in [4.69, 9.17) is 30.5 Å². The average Bonchev–Trinajstić information content (AvgIpc) is 2.56. The largest absolute Gasteiger partial charge is 0.493 e. The molecule has 0 fully saturated rings. The topological polar surface area (TPSA) is 54.0 Å². The molecule has 0 aliphatic rings. The summed E-state index contributed by atoms with van der Waals surface area (Å²) in [5, 5.41) is -0.634. The number of hydrogen-bond acceptors (Lipinski definition) is 5. The Labute approximate surface area is 142 Å². The molecule has 5 nitrogen and oxygen atoms in total. The predicted octanol–water partition coefficient (Wildman–Crippen LogP) is 4.44. The molecule has 0 saturated heterocycles. The number of ether oxygens (including phenoxy) is 4. The Morgan fingerprint density at radius 2 is 1.61 bits per heavy atom. The van der Waals surface area contributed by atoms with Crippen LogP contribution in [0.3, 0.4) is 0 Å². The predicted molar refractivity (Wildman–Crippen MR) is 90.5 cm³/mol. The fraction of sp³-hybridized carbons (Fsp3) is 0.588. The first-order valence-electron chi connectivity index (χ1n) is 7.76. The van der Waals surface area contributed by atoms with Crippen LogP contribution in [0.15, 0.2) is 6.07 Å². The first kappa shape index (κ1) is 19.4. The van der Waals surface area contributed by atoms with Crippen LogP contribution in [0, 0.1) is 0 Å². The highest BCUT2D eigenvalue weighted by Gasteiger charge is 2.24. The lowest BCUT2D eigenvalue weighted by Gasteiger charge is -2.18. The van der Waals surface area contributed by atoms with Crippen molar-refractivity contribution in [1.82, 2.24) is 0 Å². The number of hydrogen-bond donors (Lipinski definition) is 0. The van der Waals surface area contributed by atoms with E-state index < -0.39 is 5.24 Å². The number of methoxy groups -OCH3 is 3. The highest BCUT2D eigenvalue weighted by Crippen LogP contribution is 2.47. The van der Waals surface area contributed by atoms with E-state index in [1.807, 2.05) is 0 Å². The molecule has 0 unspecified atom stereocenters. The van der Waals surface area contributed by atoms with E-state index >= 15 is 0 Å². The first-order valence-corrected chi connectivity index (χ1v) is 8.14. The van der Waals surface area contributed by atoms with Crippen LogP contribution < -0.4 is 18.9 Å². The van der Waals surface area contributed by atoms with Crippen molar-refractivity contribution in [3.05, 3.63) is 11.6 Å². The molecular formula is C17H25ClO5. The van der Waals surface area contributed by atoms with Gasteiger partial charge in [0.15, 0.2) is 11.5 Å². The molecule has 130 valence electrons. The molecule has 0 atom stereocenters. The molecule has 0 aromatic heterocycles. The van der Waals surface area contributed by atoms with Crippen molar-refractivity contribution in [3.8, 4) is 23.0 Å². The van der Waals surface area contributed by atoms with Crippen molar-refractivity contribution < 1.29 is 23.7 Å². The summed E-state index contributed by atoms with van der Waals surface area (Å²) in [4.78, 5) is 11.7. The Morgan fingerprint density at radius 3 is 2.13 bits per heavy atom. The normalized spacial score (nSPS) is 10.3. The van der Waals surface area contributed by atoms with Gasteiger partial charge < -0.3 is 18.9 Å². The van der Waals surface area contributed by atoms with Gasteiger partial charge >= 0.3 is 0 Å². The quantitative estimate of drug-likeness (QED) is 0.438. The summed E-state index contributed by atoms with van der Waals surface area (Å²) < 4.78 is 21.7. The molecule has 0 radical (unpaired) electrons. The number of halogens is 1. The third-order valence-corrected chi connectivity index (χ3v) is 3.69. The van der Waals surface area contributed by atoms with Gasteiger partial charge in [-0.2, -0.15) is 0 Å².